The largest absolute Gasteiger partial charge is 0.494 e. The van der Waals surface area contributed by atoms with Gasteiger partial charge in [0.25, 0.3) is 11.5 Å². The standard InChI is InChI=1S/C35H34N6O3/c1-24(2)19-20-44-31-17-15-26(16-18-31)33-28(23-40(38-33)29-11-7-5-8-12-29)21-27(22-36)34(42)37-32-25(3)39(4)41(35(32)43)30-13-9-6-10-14-30/h5-18,21,23-24H,19-20H2,1-4H3,(H,37,42). The van der Waals surface area contributed by atoms with Crippen LogP contribution in [0, 0.1) is 24.2 Å². The molecule has 0 aliphatic carbocycles. The van der Waals surface area contributed by atoms with E-state index in [9.17, 15) is 14.9 Å². The van der Waals surface area contributed by atoms with Gasteiger partial charge in [-0.3, -0.25) is 14.3 Å². The molecule has 1 amide bonds. The van der Waals surface area contributed by atoms with E-state index in [1.807, 2.05) is 91.0 Å². The Morgan fingerprint density at radius 1 is 1.00 bits per heavy atom. The first-order valence-electron chi connectivity index (χ1n) is 14.4. The first kappa shape index (κ1) is 29.9. The zero-order valence-corrected chi connectivity index (χ0v) is 25.2. The van der Waals surface area contributed by atoms with Crippen LogP contribution in [0.4, 0.5) is 5.69 Å². The fraction of sp³-hybridized carbons (Fsp3) is 0.200. The van der Waals surface area contributed by atoms with Gasteiger partial charge in [0.15, 0.2) is 0 Å². The van der Waals surface area contributed by atoms with E-state index in [1.54, 1.807) is 29.5 Å². The molecule has 5 aromatic rings. The van der Waals surface area contributed by atoms with E-state index in [-0.39, 0.29) is 11.3 Å². The van der Waals surface area contributed by atoms with Gasteiger partial charge in [0.2, 0.25) is 0 Å². The molecular weight excluding hydrogens is 552 g/mol. The summed E-state index contributed by atoms with van der Waals surface area (Å²) in [5.74, 6) is 0.615. The van der Waals surface area contributed by atoms with Gasteiger partial charge >= 0.3 is 0 Å². The van der Waals surface area contributed by atoms with Crippen molar-refractivity contribution in [2.45, 2.75) is 27.2 Å². The van der Waals surface area contributed by atoms with Gasteiger partial charge in [-0.25, -0.2) is 9.36 Å². The zero-order chi connectivity index (χ0) is 31.2. The zero-order valence-electron chi connectivity index (χ0n) is 25.2. The number of aromatic nitrogens is 4. The Bertz CT molecular complexity index is 1890. The Kier molecular flexibility index (Phi) is 8.91. The van der Waals surface area contributed by atoms with Crippen molar-refractivity contribution in [2.24, 2.45) is 13.0 Å². The van der Waals surface area contributed by atoms with Crippen LogP contribution in [0.15, 0.2) is 101 Å². The lowest BCUT2D eigenvalue weighted by molar-refractivity contribution is -0.112. The Balaban J connectivity index is 1.49. The molecule has 0 bridgehead atoms. The Morgan fingerprint density at radius 2 is 1.64 bits per heavy atom. The summed E-state index contributed by atoms with van der Waals surface area (Å²) in [7, 11) is 1.74. The minimum atomic E-state index is -0.689. The molecule has 9 heteroatoms. The summed E-state index contributed by atoms with van der Waals surface area (Å²) < 4.78 is 10.7. The monoisotopic (exact) mass is 586 g/mol. The lowest BCUT2D eigenvalue weighted by atomic mass is 10.1. The molecule has 0 aliphatic rings. The van der Waals surface area contributed by atoms with Crippen molar-refractivity contribution in [2.75, 3.05) is 11.9 Å². The number of carbonyl (C=O) groups is 1. The second-order valence-electron chi connectivity index (χ2n) is 10.8. The van der Waals surface area contributed by atoms with E-state index in [4.69, 9.17) is 9.84 Å². The number of benzene rings is 3. The highest BCUT2D eigenvalue weighted by Crippen LogP contribution is 2.28. The van der Waals surface area contributed by atoms with Crippen molar-refractivity contribution in [1.29, 1.82) is 5.26 Å². The minimum absolute atomic E-state index is 0.107. The van der Waals surface area contributed by atoms with Crippen LogP contribution < -0.4 is 15.6 Å². The van der Waals surface area contributed by atoms with E-state index in [0.717, 1.165) is 23.4 Å². The summed E-state index contributed by atoms with van der Waals surface area (Å²) in [6, 6.07) is 28.3. The number of hydrogen-bond acceptors (Lipinski definition) is 5. The average Bonchev–Trinajstić information content (AvgIpc) is 3.55. The number of nitrogens with zero attached hydrogens (tertiary/aromatic N) is 5. The third kappa shape index (κ3) is 6.40. The maximum atomic E-state index is 13.4. The molecule has 3 aromatic carbocycles. The number of rotatable bonds is 10. The molecule has 0 unspecified atom stereocenters. The van der Waals surface area contributed by atoms with Gasteiger partial charge in [-0.2, -0.15) is 10.4 Å². The summed E-state index contributed by atoms with van der Waals surface area (Å²) >= 11 is 0. The SMILES string of the molecule is Cc1c(NC(=O)C(C#N)=Cc2cn(-c3ccccc3)nc2-c2ccc(OCCC(C)C)cc2)c(=O)n(-c2ccccc2)n1C. The molecule has 0 aliphatic heterocycles. The van der Waals surface area contributed by atoms with Crippen molar-refractivity contribution in [3.63, 3.8) is 0 Å². The lowest BCUT2D eigenvalue weighted by Gasteiger charge is -2.08. The molecule has 9 nitrogen and oxygen atoms in total. The van der Waals surface area contributed by atoms with Gasteiger partial charge in [0, 0.05) is 24.4 Å². The summed E-state index contributed by atoms with van der Waals surface area (Å²) in [5, 5.41) is 17.5. The third-order valence-electron chi connectivity index (χ3n) is 7.31. The Hall–Kier alpha value is -5.62. The normalized spacial score (nSPS) is 11.4. The second-order valence-corrected chi connectivity index (χ2v) is 10.8. The predicted octanol–water partition coefficient (Wildman–Crippen LogP) is 6.31. The van der Waals surface area contributed by atoms with E-state index in [2.05, 4.69) is 19.2 Å². The summed E-state index contributed by atoms with van der Waals surface area (Å²) in [6.07, 6.45) is 4.23. The van der Waals surface area contributed by atoms with Crippen molar-refractivity contribution < 1.29 is 9.53 Å². The molecular formula is C35H34N6O3. The van der Waals surface area contributed by atoms with E-state index >= 15 is 0 Å². The van der Waals surface area contributed by atoms with Gasteiger partial charge in [-0.15, -0.1) is 0 Å². The van der Waals surface area contributed by atoms with E-state index in [0.29, 0.717) is 35.2 Å². The number of hydrogen-bond donors (Lipinski definition) is 1. The highest BCUT2D eigenvalue weighted by atomic mass is 16.5. The highest BCUT2D eigenvalue weighted by Gasteiger charge is 2.21. The molecule has 0 fully saturated rings. The number of nitrogens with one attached hydrogen (secondary N) is 1. The first-order chi connectivity index (χ1) is 21.3. The first-order valence-corrected chi connectivity index (χ1v) is 14.4. The van der Waals surface area contributed by atoms with E-state index in [1.165, 1.54) is 10.8 Å². The molecule has 1 N–H and O–H groups in total. The Labute approximate surface area is 256 Å². The second kappa shape index (κ2) is 13.1. The number of para-hydroxylation sites is 2. The van der Waals surface area contributed by atoms with Gasteiger partial charge in [-0.05, 0) is 73.9 Å². The summed E-state index contributed by atoms with van der Waals surface area (Å²) in [4.78, 5) is 26.8. The quantitative estimate of drug-likeness (QED) is 0.153. The van der Waals surface area contributed by atoms with Crippen LogP contribution in [-0.4, -0.2) is 31.7 Å². The number of ether oxygens (including phenoxy) is 1. The number of anilines is 1. The molecule has 2 aromatic heterocycles. The summed E-state index contributed by atoms with van der Waals surface area (Å²) in [5.41, 5.74) is 3.54. The molecule has 0 spiro atoms. The smallest absolute Gasteiger partial charge is 0.295 e. The number of amides is 1. The number of nitriles is 1. The average molecular weight is 587 g/mol. The fourth-order valence-electron chi connectivity index (χ4n) is 4.75. The fourth-order valence-corrected chi connectivity index (χ4v) is 4.75. The van der Waals surface area contributed by atoms with Gasteiger partial charge in [-0.1, -0.05) is 50.2 Å². The van der Waals surface area contributed by atoms with Gasteiger partial charge in [0.1, 0.15) is 23.1 Å². The third-order valence-corrected chi connectivity index (χ3v) is 7.31. The maximum absolute atomic E-state index is 13.4. The van der Waals surface area contributed by atoms with Crippen LogP contribution in [0.2, 0.25) is 0 Å². The van der Waals surface area contributed by atoms with Crippen LogP contribution in [0.5, 0.6) is 5.75 Å². The number of carbonyl (C=O) groups excluding carboxylic acids is 1. The van der Waals surface area contributed by atoms with Crippen molar-refractivity contribution in [3.05, 3.63) is 118 Å². The molecule has 44 heavy (non-hydrogen) atoms. The minimum Gasteiger partial charge on any atom is -0.494 e. The lowest BCUT2D eigenvalue weighted by Crippen LogP contribution is -2.23. The molecule has 5 rings (SSSR count). The van der Waals surface area contributed by atoms with Crippen molar-refractivity contribution >= 4 is 17.7 Å². The van der Waals surface area contributed by atoms with Gasteiger partial charge < -0.3 is 10.1 Å². The Morgan fingerprint density at radius 3 is 2.25 bits per heavy atom. The molecule has 2 heterocycles. The molecule has 0 saturated carbocycles. The van der Waals surface area contributed by atoms with Gasteiger partial charge in [0.05, 0.1) is 29.4 Å². The van der Waals surface area contributed by atoms with E-state index < -0.39 is 11.5 Å². The molecule has 0 saturated heterocycles. The molecule has 0 atom stereocenters. The van der Waals surface area contributed by atoms with Crippen molar-refractivity contribution in [1.82, 2.24) is 19.1 Å². The van der Waals surface area contributed by atoms with Crippen LogP contribution in [0.25, 0.3) is 28.7 Å². The highest BCUT2D eigenvalue weighted by molar-refractivity contribution is 6.10. The topological polar surface area (TPSA) is 107 Å². The summed E-state index contributed by atoms with van der Waals surface area (Å²) in [6.45, 7) is 6.68. The van der Waals surface area contributed by atoms with Crippen LogP contribution in [-0.2, 0) is 11.8 Å². The van der Waals surface area contributed by atoms with Crippen LogP contribution in [0.1, 0.15) is 31.5 Å². The predicted molar refractivity (Wildman–Crippen MR) is 172 cm³/mol. The van der Waals surface area contributed by atoms with Crippen LogP contribution >= 0.6 is 0 Å². The van der Waals surface area contributed by atoms with Crippen LogP contribution in [0.3, 0.4) is 0 Å². The van der Waals surface area contributed by atoms with Crippen molar-refractivity contribution in [3.8, 4) is 34.5 Å². The molecule has 222 valence electrons. The maximum Gasteiger partial charge on any atom is 0.295 e. The molecule has 0 radical (unpaired) electrons.